The van der Waals surface area contributed by atoms with Crippen molar-refractivity contribution in [2.24, 2.45) is 0 Å². The molecule has 0 bridgehead atoms. The third kappa shape index (κ3) is 4.13. The Labute approximate surface area is 142 Å². The summed E-state index contributed by atoms with van der Waals surface area (Å²) in [5, 5.41) is 13.7. The van der Waals surface area contributed by atoms with Gasteiger partial charge in [0.15, 0.2) is 0 Å². The van der Waals surface area contributed by atoms with E-state index < -0.39 is 12.7 Å². The van der Waals surface area contributed by atoms with E-state index in [4.69, 9.17) is 0 Å². The SMILES string of the molecule is O=C(NCC(O)c1ccc(OC(F)F)cc1)c1ccc2[nH]ccc2c1. The fraction of sp³-hybridized carbons (Fsp3) is 0.167. The van der Waals surface area contributed by atoms with Crippen molar-refractivity contribution in [3.8, 4) is 5.75 Å². The first-order valence-electron chi connectivity index (χ1n) is 7.61. The number of halogens is 2. The largest absolute Gasteiger partial charge is 0.435 e. The van der Waals surface area contributed by atoms with Crippen LogP contribution in [0, 0.1) is 0 Å². The van der Waals surface area contributed by atoms with Gasteiger partial charge in [0.05, 0.1) is 6.10 Å². The van der Waals surface area contributed by atoms with Gasteiger partial charge >= 0.3 is 6.61 Å². The van der Waals surface area contributed by atoms with Gasteiger partial charge in [-0.15, -0.1) is 0 Å². The van der Waals surface area contributed by atoms with E-state index in [1.54, 1.807) is 18.3 Å². The van der Waals surface area contributed by atoms with Crippen LogP contribution in [0.2, 0.25) is 0 Å². The number of aromatic amines is 1. The van der Waals surface area contributed by atoms with Gasteiger partial charge in [-0.3, -0.25) is 4.79 Å². The number of aliphatic hydroxyl groups excluding tert-OH is 1. The van der Waals surface area contributed by atoms with Gasteiger partial charge in [0, 0.05) is 29.2 Å². The Kier molecular flexibility index (Phi) is 4.95. The van der Waals surface area contributed by atoms with Crippen molar-refractivity contribution in [3.05, 3.63) is 65.9 Å². The number of rotatable bonds is 6. The predicted octanol–water partition coefficient (Wildman–Crippen LogP) is 3.23. The second-order valence-corrected chi connectivity index (χ2v) is 5.45. The molecule has 1 amide bonds. The van der Waals surface area contributed by atoms with E-state index >= 15 is 0 Å². The van der Waals surface area contributed by atoms with Gasteiger partial charge in [0.25, 0.3) is 5.91 Å². The van der Waals surface area contributed by atoms with Crippen LogP contribution in [-0.4, -0.2) is 29.2 Å². The van der Waals surface area contributed by atoms with Crippen molar-refractivity contribution in [2.75, 3.05) is 6.54 Å². The number of aromatic nitrogens is 1. The summed E-state index contributed by atoms with van der Waals surface area (Å²) in [5.74, 6) is -0.297. The molecule has 3 rings (SSSR count). The van der Waals surface area contributed by atoms with Crippen LogP contribution in [0.3, 0.4) is 0 Å². The van der Waals surface area contributed by atoms with E-state index in [2.05, 4.69) is 15.0 Å². The highest BCUT2D eigenvalue weighted by atomic mass is 19.3. The van der Waals surface area contributed by atoms with Gasteiger partial charge in [-0.25, -0.2) is 0 Å². The number of hydrogen-bond acceptors (Lipinski definition) is 3. The molecule has 2 aromatic carbocycles. The minimum absolute atomic E-state index is 0.000934. The quantitative estimate of drug-likeness (QED) is 0.641. The molecular formula is C18H16F2N2O3. The van der Waals surface area contributed by atoms with Crippen molar-refractivity contribution < 1.29 is 23.4 Å². The number of H-pyrrole nitrogens is 1. The molecule has 7 heteroatoms. The Morgan fingerprint density at radius 2 is 1.92 bits per heavy atom. The molecule has 130 valence electrons. The molecular weight excluding hydrogens is 330 g/mol. The summed E-state index contributed by atoms with van der Waals surface area (Å²) in [5.41, 5.74) is 1.91. The lowest BCUT2D eigenvalue weighted by atomic mass is 10.1. The lowest BCUT2D eigenvalue weighted by Gasteiger charge is -2.13. The van der Waals surface area contributed by atoms with Gasteiger partial charge < -0.3 is 20.1 Å². The molecule has 5 nitrogen and oxygen atoms in total. The molecule has 3 N–H and O–H groups in total. The molecule has 0 aliphatic carbocycles. The zero-order valence-electron chi connectivity index (χ0n) is 13.1. The van der Waals surface area contributed by atoms with Crippen LogP contribution in [-0.2, 0) is 0 Å². The zero-order valence-corrected chi connectivity index (χ0v) is 13.1. The molecule has 1 atom stereocenters. The molecule has 0 saturated heterocycles. The van der Waals surface area contributed by atoms with Crippen molar-refractivity contribution in [1.29, 1.82) is 0 Å². The van der Waals surface area contributed by atoms with Gasteiger partial charge in [0.2, 0.25) is 0 Å². The Bertz CT molecular complexity index is 862. The summed E-state index contributed by atoms with van der Waals surface area (Å²) in [6, 6.07) is 12.7. The van der Waals surface area contributed by atoms with Gasteiger partial charge in [-0.05, 0) is 42.0 Å². The molecule has 1 heterocycles. The monoisotopic (exact) mass is 346 g/mol. The van der Waals surface area contributed by atoms with Gasteiger partial charge in [-0.2, -0.15) is 8.78 Å². The number of nitrogens with one attached hydrogen (secondary N) is 2. The maximum absolute atomic E-state index is 12.2. The highest BCUT2D eigenvalue weighted by molar-refractivity contribution is 5.98. The normalized spacial score (nSPS) is 12.3. The van der Waals surface area contributed by atoms with Gasteiger partial charge in [-0.1, -0.05) is 12.1 Å². The summed E-state index contributed by atoms with van der Waals surface area (Å²) in [4.78, 5) is 15.2. The Hall–Kier alpha value is -2.93. The van der Waals surface area contributed by atoms with Crippen molar-refractivity contribution >= 4 is 16.8 Å². The highest BCUT2D eigenvalue weighted by Gasteiger charge is 2.12. The molecule has 0 spiro atoms. The van der Waals surface area contributed by atoms with Crippen molar-refractivity contribution in [2.45, 2.75) is 12.7 Å². The van der Waals surface area contributed by atoms with E-state index in [9.17, 15) is 18.7 Å². The maximum atomic E-state index is 12.2. The van der Waals surface area contributed by atoms with Crippen LogP contribution in [0.15, 0.2) is 54.7 Å². The topological polar surface area (TPSA) is 74.3 Å². The third-order valence-electron chi connectivity index (χ3n) is 3.76. The summed E-state index contributed by atoms with van der Waals surface area (Å²) in [7, 11) is 0. The predicted molar refractivity (Wildman–Crippen MR) is 88.7 cm³/mol. The van der Waals surface area contributed by atoms with Crippen LogP contribution >= 0.6 is 0 Å². The highest BCUT2D eigenvalue weighted by Crippen LogP contribution is 2.19. The molecule has 0 aliphatic heterocycles. The summed E-state index contributed by atoms with van der Waals surface area (Å²) < 4.78 is 28.5. The fourth-order valence-electron chi connectivity index (χ4n) is 2.48. The fourth-order valence-corrected chi connectivity index (χ4v) is 2.48. The maximum Gasteiger partial charge on any atom is 0.387 e. The molecule has 0 aliphatic rings. The molecule has 0 radical (unpaired) electrons. The number of fused-ring (bicyclic) bond motifs is 1. The van der Waals surface area contributed by atoms with Crippen LogP contribution in [0.5, 0.6) is 5.75 Å². The van der Waals surface area contributed by atoms with Crippen LogP contribution in [0.1, 0.15) is 22.0 Å². The Morgan fingerprint density at radius 1 is 1.16 bits per heavy atom. The first kappa shape index (κ1) is 16.9. The van der Waals surface area contributed by atoms with E-state index in [-0.39, 0.29) is 18.2 Å². The van der Waals surface area contributed by atoms with Crippen LogP contribution in [0.25, 0.3) is 10.9 Å². The number of amides is 1. The molecule has 1 aromatic heterocycles. The second kappa shape index (κ2) is 7.31. The second-order valence-electron chi connectivity index (χ2n) is 5.45. The Balaban J connectivity index is 1.59. The average molecular weight is 346 g/mol. The smallest absolute Gasteiger partial charge is 0.387 e. The standard InChI is InChI=1S/C18H16F2N2O3/c19-18(20)25-14-4-1-11(2-5-14)16(23)10-22-17(24)13-3-6-15-12(9-13)7-8-21-15/h1-9,16,18,21,23H,10H2,(H,22,24). The number of alkyl halides is 2. The van der Waals surface area contributed by atoms with Crippen molar-refractivity contribution in [3.63, 3.8) is 0 Å². The van der Waals surface area contributed by atoms with E-state index in [1.165, 1.54) is 24.3 Å². The first-order valence-corrected chi connectivity index (χ1v) is 7.61. The first-order chi connectivity index (χ1) is 12.0. The van der Waals surface area contributed by atoms with E-state index in [1.807, 2.05) is 12.1 Å². The molecule has 0 fully saturated rings. The van der Waals surface area contributed by atoms with E-state index in [0.29, 0.717) is 11.1 Å². The van der Waals surface area contributed by atoms with Crippen LogP contribution in [0.4, 0.5) is 8.78 Å². The molecule has 25 heavy (non-hydrogen) atoms. The minimum Gasteiger partial charge on any atom is -0.435 e. The third-order valence-corrected chi connectivity index (χ3v) is 3.76. The molecule has 0 saturated carbocycles. The number of ether oxygens (including phenoxy) is 1. The Morgan fingerprint density at radius 3 is 2.64 bits per heavy atom. The number of hydrogen-bond donors (Lipinski definition) is 3. The molecule has 3 aromatic rings. The number of carbonyl (C=O) groups is 1. The summed E-state index contributed by atoms with van der Waals surface area (Å²) >= 11 is 0. The average Bonchev–Trinajstić information content (AvgIpc) is 3.07. The van der Waals surface area contributed by atoms with E-state index in [0.717, 1.165) is 10.9 Å². The van der Waals surface area contributed by atoms with Crippen LogP contribution < -0.4 is 10.1 Å². The number of benzene rings is 2. The van der Waals surface area contributed by atoms with Crippen molar-refractivity contribution in [1.82, 2.24) is 10.3 Å². The number of carbonyl (C=O) groups excluding carboxylic acids is 1. The zero-order chi connectivity index (χ0) is 17.8. The minimum atomic E-state index is -2.90. The lowest BCUT2D eigenvalue weighted by Crippen LogP contribution is -2.28. The summed E-state index contributed by atoms with van der Waals surface area (Å²) in [6.45, 7) is -2.90. The number of aliphatic hydroxyl groups is 1. The molecule has 1 unspecified atom stereocenters. The lowest BCUT2D eigenvalue weighted by molar-refractivity contribution is -0.0498. The summed E-state index contributed by atoms with van der Waals surface area (Å²) in [6.07, 6.45) is 0.831. The van der Waals surface area contributed by atoms with Gasteiger partial charge in [0.1, 0.15) is 5.75 Å².